The fourth-order valence-corrected chi connectivity index (χ4v) is 5.68. The molecular formula is C31H55NO3S. The van der Waals surface area contributed by atoms with Gasteiger partial charge >= 0.3 is 5.97 Å². The molecule has 2 aliphatic rings. The number of nitrogens with zero attached hydrogens (tertiary/aromatic N) is 1. The van der Waals surface area contributed by atoms with Crippen molar-refractivity contribution in [2.24, 2.45) is 11.3 Å². The summed E-state index contributed by atoms with van der Waals surface area (Å²) in [6.07, 6.45) is 17.0. The average Bonchev–Trinajstić information content (AvgIpc) is 3.32. The molecule has 0 aliphatic heterocycles. The van der Waals surface area contributed by atoms with E-state index in [4.69, 9.17) is 5.11 Å². The first-order valence-corrected chi connectivity index (χ1v) is 14.8. The average molecular weight is 522 g/mol. The van der Waals surface area contributed by atoms with E-state index in [9.17, 15) is 9.90 Å². The van der Waals surface area contributed by atoms with Crippen molar-refractivity contribution >= 4 is 28.6 Å². The van der Waals surface area contributed by atoms with Crippen LogP contribution in [0.2, 0.25) is 0 Å². The summed E-state index contributed by atoms with van der Waals surface area (Å²) in [5.74, 6) is -0.0862. The fraction of sp³-hybridized carbons (Fsp3) is 0.710. The van der Waals surface area contributed by atoms with E-state index in [0.717, 1.165) is 37.1 Å². The molecule has 0 spiro atoms. The summed E-state index contributed by atoms with van der Waals surface area (Å²) in [5, 5.41) is 16.7. The minimum absolute atomic E-state index is 0.372. The minimum atomic E-state index is -0.793. The van der Waals surface area contributed by atoms with E-state index in [1.165, 1.54) is 73.8 Å². The number of allylic oxidation sites excluding steroid dienone is 4. The van der Waals surface area contributed by atoms with Crippen molar-refractivity contribution in [2.45, 2.75) is 113 Å². The van der Waals surface area contributed by atoms with Crippen LogP contribution in [0.25, 0.3) is 5.57 Å². The Hall–Kier alpha value is -1.59. The van der Waals surface area contributed by atoms with Gasteiger partial charge in [0.2, 0.25) is 0 Å². The second-order valence-electron chi connectivity index (χ2n) is 10.7. The third-order valence-corrected chi connectivity index (χ3v) is 7.89. The van der Waals surface area contributed by atoms with E-state index < -0.39 is 5.97 Å². The number of anilines is 1. The Bertz CT molecular complexity index is 797. The predicted octanol–water partition coefficient (Wildman–Crippen LogP) is 9.44. The molecule has 0 unspecified atom stereocenters. The minimum Gasteiger partial charge on any atom is -0.477 e. The van der Waals surface area contributed by atoms with Crippen LogP contribution < -0.4 is 4.90 Å². The number of thiophene rings is 1. The van der Waals surface area contributed by atoms with Crippen molar-refractivity contribution in [3.8, 4) is 0 Å². The number of rotatable bonds is 7. The maximum atomic E-state index is 11.8. The summed E-state index contributed by atoms with van der Waals surface area (Å²) < 4.78 is 0. The first-order chi connectivity index (χ1) is 17.1. The summed E-state index contributed by atoms with van der Waals surface area (Å²) >= 11 is 1.46. The van der Waals surface area contributed by atoms with E-state index in [1.807, 2.05) is 13.8 Å². The molecule has 1 aromatic heterocycles. The van der Waals surface area contributed by atoms with Gasteiger partial charge < -0.3 is 15.1 Å². The van der Waals surface area contributed by atoms with Gasteiger partial charge in [0, 0.05) is 25.6 Å². The van der Waals surface area contributed by atoms with E-state index in [-0.39, 0.29) is 0 Å². The zero-order valence-electron chi connectivity index (χ0n) is 24.7. The van der Waals surface area contributed by atoms with Gasteiger partial charge in [-0.25, -0.2) is 4.79 Å². The third kappa shape index (κ3) is 12.6. The highest BCUT2D eigenvalue weighted by Gasteiger charge is 2.26. The number of aromatic carboxylic acids is 1. The molecular weight excluding hydrogens is 466 g/mol. The van der Waals surface area contributed by atoms with Gasteiger partial charge in [-0.15, -0.1) is 11.3 Å². The Labute approximate surface area is 226 Å². The zero-order chi connectivity index (χ0) is 27.7. The molecule has 0 amide bonds. The molecule has 0 radical (unpaired) electrons. The lowest BCUT2D eigenvalue weighted by Gasteiger charge is -2.28. The smallest absolute Gasteiger partial charge is 0.348 e. The molecule has 5 heteroatoms. The SMILES string of the molecule is CC.CCCC=C(C)C.CN(CC1CCCCC1)c1cc(C2=CCC(C)(C)CC2)sc1C(=O)O.CO. The van der Waals surface area contributed by atoms with Crippen molar-refractivity contribution in [3.05, 3.63) is 33.5 Å². The van der Waals surface area contributed by atoms with Crippen LogP contribution in [0.15, 0.2) is 23.8 Å². The predicted molar refractivity (Wildman–Crippen MR) is 161 cm³/mol. The van der Waals surface area contributed by atoms with Gasteiger partial charge in [-0.2, -0.15) is 0 Å². The summed E-state index contributed by atoms with van der Waals surface area (Å²) in [7, 11) is 3.06. The lowest BCUT2D eigenvalue weighted by Crippen LogP contribution is -2.27. The van der Waals surface area contributed by atoms with Crippen LogP contribution >= 0.6 is 11.3 Å². The number of carbonyl (C=O) groups is 1. The number of aliphatic hydroxyl groups is 1. The molecule has 2 aliphatic carbocycles. The Balaban J connectivity index is 0.000000952. The van der Waals surface area contributed by atoms with Crippen LogP contribution in [0.3, 0.4) is 0 Å². The maximum absolute atomic E-state index is 11.8. The Morgan fingerprint density at radius 1 is 1.17 bits per heavy atom. The van der Waals surface area contributed by atoms with E-state index in [2.05, 4.69) is 64.8 Å². The molecule has 3 rings (SSSR count). The Morgan fingerprint density at radius 3 is 2.22 bits per heavy atom. The number of aliphatic hydroxyl groups excluding tert-OH is 1. The molecule has 1 heterocycles. The van der Waals surface area contributed by atoms with Crippen LogP contribution in [-0.2, 0) is 0 Å². The normalized spacial score (nSPS) is 16.6. The topological polar surface area (TPSA) is 60.8 Å². The van der Waals surface area contributed by atoms with Crippen molar-refractivity contribution in [1.82, 2.24) is 0 Å². The largest absolute Gasteiger partial charge is 0.477 e. The molecule has 0 atom stereocenters. The van der Waals surface area contributed by atoms with E-state index in [1.54, 1.807) is 0 Å². The maximum Gasteiger partial charge on any atom is 0.348 e. The highest BCUT2D eigenvalue weighted by atomic mass is 32.1. The Morgan fingerprint density at radius 2 is 1.78 bits per heavy atom. The van der Waals surface area contributed by atoms with Crippen molar-refractivity contribution in [2.75, 3.05) is 25.6 Å². The van der Waals surface area contributed by atoms with Crippen molar-refractivity contribution in [1.29, 1.82) is 0 Å². The lowest BCUT2D eigenvalue weighted by atomic mass is 9.78. The van der Waals surface area contributed by atoms with Crippen LogP contribution in [0.4, 0.5) is 5.69 Å². The van der Waals surface area contributed by atoms with Gasteiger partial charge in [0.25, 0.3) is 0 Å². The summed E-state index contributed by atoms with van der Waals surface area (Å²) in [4.78, 5) is 15.6. The third-order valence-electron chi connectivity index (χ3n) is 6.70. The van der Waals surface area contributed by atoms with Crippen molar-refractivity contribution in [3.63, 3.8) is 0 Å². The zero-order valence-corrected chi connectivity index (χ0v) is 25.6. The second-order valence-corrected chi connectivity index (χ2v) is 11.7. The molecule has 4 nitrogen and oxygen atoms in total. The molecule has 0 bridgehead atoms. The number of hydrogen-bond donors (Lipinski definition) is 2. The number of hydrogen-bond acceptors (Lipinski definition) is 4. The molecule has 208 valence electrons. The van der Waals surface area contributed by atoms with E-state index in [0.29, 0.717) is 16.2 Å². The van der Waals surface area contributed by atoms with Gasteiger partial charge in [-0.05, 0) is 75.3 Å². The van der Waals surface area contributed by atoms with Crippen LogP contribution in [-0.4, -0.2) is 36.9 Å². The second kappa shape index (κ2) is 18.6. The summed E-state index contributed by atoms with van der Waals surface area (Å²) in [5.41, 5.74) is 4.05. The van der Waals surface area contributed by atoms with Gasteiger partial charge in [0.05, 0.1) is 5.69 Å². The van der Waals surface area contributed by atoms with Crippen LogP contribution in [0.1, 0.15) is 127 Å². The molecule has 1 aromatic rings. The molecule has 0 aromatic carbocycles. The highest BCUT2D eigenvalue weighted by molar-refractivity contribution is 7.15. The standard InChI is InChI=1S/C21H31NO2S.C7H14.C2H6.CH4O/c1-21(2)11-9-16(10-12-21)18-13-17(19(25-18)20(23)24)22(3)14-15-7-5-4-6-8-15;1-4-5-6-7(2)3;2*1-2/h9,13,15H,4-8,10-12,14H2,1-3H3,(H,23,24);6H,4-5H2,1-3H3;1-2H3;2H,1H3. The van der Waals surface area contributed by atoms with Gasteiger partial charge in [-0.1, -0.05) is 78.0 Å². The number of carboxylic acid groups (broad SMARTS) is 1. The fourth-order valence-electron chi connectivity index (χ4n) is 4.57. The number of carboxylic acids is 1. The molecule has 1 fully saturated rings. The van der Waals surface area contributed by atoms with Crippen LogP contribution in [0, 0.1) is 11.3 Å². The quantitative estimate of drug-likeness (QED) is 0.351. The summed E-state index contributed by atoms with van der Waals surface area (Å²) in [6.45, 7) is 16.1. The molecule has 0 saturated heterocycles. The highest BCUT2D eigenvalue weighted by Crippen LogP contribution is 2.42. The first-order valence-electron chi connectivity index (χ1n) is 14.0. The van der Waals surface area contributed by atoms with E-state index >= 15 is 0 Å². The van der Waals surface area contributed by atoms with Gasteiger partial charge in [0.15, 0.2) is 0 Å². The Kier molecular flexibility index (Phi) is 17.8. The lowest BCUT2D eigenvalue weighted by molar-refractivity contribution is 0.0702. The van der Waals surface area contributed by atoms with Crippen LogP contribution in [0.5, 0.6) is 0 Å². The molecule has 2 N–H and O–H groups in total. The summed E-state index contributed by atoms with van der Waals surface area (Å²) in [6, 6.07) is 2.13. The number of unbranched alkanes of at least 4 members (excludes halogenated alkanes) is 1. The first kappa shape index (κ1) is 34.4. The van der Waals surface area contributed by atoms with Crippen molar-refractivity contribution < 1.29 is 15.0 Å². The van der Waals surface area contributed by atoms with Gasteiger partial charge in [-0.3, -0.25) is 0 Å². The molecule has 36 heavy (non-hydrogen) atoms. The van der Waals surface area contributed by atoms with Gasteiger partial charge in [0.1, 0.15) is 4.88 Å². The molecule has 1 saturated carbocycles. The monoisotopic (exact) mass is 521 g/mol.